The number of hydrogen-bond donors (Lipinski definition) is 2. The third-order valence-corrected chi connectivity index (χ3v) is 5.01. The van der Waals surface area contributed by atoms with Gasteiger partial charge in [0, 0.05) is 17.5 Å². The highest BCUT2D eigenvalue weighted by atomic mass is 32.1. The molecule has 162 valence electrons. The predicted molar refractivity (Wildman–Crippen MR) is 105 cm³/mol. The van der Waals surface area contributed by atoms with Crippen LogP contribution >= 0.6 is 11.3 Å². The second-order valence-electron chi connectivity index (χ2n) is 6.28. The molecule has 1 aromatic heterocycles. The smallest absolute Gasteiger partial charge is 0.449 e. The molecule has 0 bridgehead atoms. The topological polar surface area (TPSA) is 93.7 Å². The molecule has 0 spiro atoms. The van der Waals surface area contributed by atoms with E-state index in [1.54, 1.807) is 13.8 Å². The maximum Gasteiger partial charge on any atom is 0.573 e. The van der Waals surface area contributed by atoms with E-state index in [9.17, 15) is 27.6 Å². The van der Waals surface area contributed by atoms with Crippen molar-refractivity contribution < 1.29 is 37.0 Å². The molecule has 0 aliphatic heterocycles. The average Bonchev–Trinajstić information content (AvgIpc) is 2.88. The van der Waals surface area contributed by atoms with E-state index < -0.39 is 30.1 Å². The molecule has 0 radical (unpaired) electrons. The molecule has 11 heteroatoms. The lowest BCUT2D eigenvalue weighted by molar-refractivity contribution is -0.274. The highest BCUT2D eigenvalue weighted by molar-refractivity contribution is 7.16. The van der Waals surface area contributed by atoms with Gasteiger partial charge in [0.05, 0.1) is 5.56 Å². The molecular weight excluding hydrogens is 425 g/mol. The molecule has 0 aliphatic carbocycles. The Morgan fingerprint density at radius 3 is 2.20 bits per heavy atom. The highest BCUT2D eigenvalue weighted by Crippen LogP contribution is 2.33. The van der Waals surface area contributed by atoms with Gasteiger partial charge in [0.2, 0.25) is 5.91 Å². The van der Waals surface area contributed by atoms with E-state index in [-0.39, 0.29) is 17.2 Å². The standard InChI is InChI=1S/C19H19F3N2O5S/c1-9-11(3)30-17(23-12(4)25)15(9)18(27)28-10(2)16(26)24-13-5-7-14(8-6-13)29-19(20,21)22/h5-8,10H,1-4H3,(H,23,25)(H,24,26). The quantitative estimate of drug-likeness (QED) is 0.644. The van der Waals surface area contributed by atoms with Crippen LogP contribution in [0.4, 0.5) is 23.9 Å². The van der Waals surface area contributed by atoms with Gasteiger partial charge in [-0.05, 0) is 50.6 Å². The molecular formula is C19H19F3N2O5S. The average molecular weight is 444 g/mol. The minimum atomic E-state index is -4.82. The van der Waals surface area contributed by atoms with E-state index >= 15 is 0 Å². The molecule has 2 N–H and O–H groups in total. The molecule has 1 heterocycles. The van der Waals surface area contributed by atoms with Crippen molar-refractivity contribution in [2.45, 2.75) is 40.2 Å². The van der Waals surface area contributed by atoms with Crippen LogP contribution in [0.5, 0.6) is 5.75 Å². The second kappa shape index (κ2) is 9.16. The number of thiophene rings is 1. The first-order valence-electron chi connectivity index (χ1n) is 8.62. The summed E-state index contributed by atoms with van der Waals surface area (Å²) in [6.45, 7) is 6.13. The van der Waals surface area contributed by atoms with Crippen LogP contribution in [0.15, 0.2) is 24.3 Å². The molecule has 1 aromatic carbocycles. The van der Waals surface area contributed by atoms with Gasteiger partial charge in [-0.1, -0.05) is 0 Å². The van der Waals surface area contributed by atoms with Gasteiger partial charge < -0.3 is 20.1 Å². The van der Waals surface area contributed by atoms with Gasteiger partial charge in [-0.3, -0.25) is 9.59 Å². The van der Waals surface area contributed by atoms with Crippen molar-refractivity contribution in [1.29, 1.82) is 0 Å². The lowest BCUT2D eigenvalue weighted by Gasteiger charge is -2.15. The van der Waals surface area contributed by atoms with Crippen LogP contribution in [0.1, 0.15) is 34.6 Å². The number of amides is 2. The molecule has 0 aliphatic rings. The Bertz CT molecular complexity index is 954. The molecule has 1 atom stereocenters. The first-order chi connectivity index (χ1) is 13.9. The van der Waals surface area contributed by atoms with E-state index in [1.807, 2.05) is 0 Å². The Hall–Kier alpha value is -3.08. The van der Waals surface area contributed by atoms with Crippen LogP contribution in [0, 0.1) is 13.8 Å². The summed E-state index contributed by atoms with van der Waals surface area (Å²) in [5, 5.41) is 5.33. The number of nitrogens with one attached hydrogen (secondary N) is 2. The molecule has 0 saturated carbocycles. The Labute approximate surface area is 174 Å². The Balaban J connectivity index is 2.04. The Morgan fingerprint density at radius 1 is 1.07 bits per heavy atom. The summed E-state index contributed by atoms with van der Waals surface area (Å²) in [5.41, 5.74) is 0.988. The summed E-state index contributed by atoms with van der Waals surface area (Å²) < 4.78 is 45.5. The first kappa shape index (κ1) is 23.2. The number of halogens is 3. The van der Waals surface area contributed by atoms with Crippen molar-refractivity contribution in [3.8, 4) is 5.75 Å². The zero-order valence-corrected chi connectivity index (χ0v) is 17.3. The first-order valence-corrected chi connectivity index (χ1v) is 9.44. The van der Waals surface area contributed by atoms with Crippen LogP contribution in [-0.4, -0.2) is 30.2 Å². The van der Waals surface area contributed by atoms with Crippen LogP contribution in [0.2, 0.25) is 0 Å². The van der Waals surface area contributed by atoms with Gasteiger partial charge in [-0.15, -0.1) is 24.5 Å². The van der Waals surface area contributed by atoms with Gasteiger partial charge in [0.25, 0.3) is 5.91 Å². The fraction of sp³-hybridized carbons (Fsp3) is 0.316. The fourth-order valence-electron chi connectivity index (χ4n) is 2.38. The summed E-state index contributed by atoms with van der Waals surface area (Å²) in [6.07, 6.45) is -6.02. The van der Waals surface area contributed by atoms with E-state index in [4.69, 9.17) is 4.74 Å². The second-order valence-corrected chi connectivity index (χ2v) is 7.50. The largest absolute Gasteiger partial charge is 0.573 e. The minimum Gasteiger partial charge on any atom is -0.449 e. The summed E-state index contributed by atoms with van der Waals surface area (Å²) in [4.78, 5) is 37.0. The van der Waals surface area contributed by atoms with Gasteiger partial charge in [-0.2, -0.15) is 0 Å². The van der Waals surface area contributed by atoms with Crippen molar-refractivity contribution in [2.75, 3.05) is 10.6 Å². The maximum absolute atomic E-state index is 12.6. The normalized spacial score (nSPS) is 12.1. The molecule has 2 amide bonds. The summed E-state index contributed by atoms with van der Waals surface area (Å²) >= 11 is 1.22. The van der Waals surface area contributed by atoms with E-state index in [1.165, 1.54) is 37.3 Å². The van der Waals surface area contributed by atoms with Crippen molar-refractivity contribution in [2.24, 2.45) is 0 Å². The molecule has 0 fully saturated rings. The van der Waals surface area contributed by atoms with E-state index in [0.717, 1.165) is 17.0 Å². The minimum absolute atomic E-state index is 0.168. The zero-order valence-electron chi connectivity index (χ0n) is 16.5. The summed E-state index contributed by atoms with van der Waals surface area (Å²) in [6, 6.07) is 4.51. The monoisotopic (exact) mass is 444 g/mol. The van der Waals surface area contributed by atoms with Crippen LogP contribution in [0.25, 0.3) is 0 Å². The van der Waals surface area contributed by atoms with Crippen molar-refractivity contribution in [3.05, 3.63) is 40.3 Å². The lowest BCUT2D eigenvalue weighted by Crippen LogP contribution is -2.30. The Kier molecular flexibility index (Phi) is 7.08. The zero-order chi connectivity index (χ0) is 22.6. The van der Waals surface area contributed by atoms with Crippen LogP contribution in [0.3, 0.4) is 0 Å². The van der Waals surface area contributed by atoms with Crippen molar-refractivity contribution in [3.63, 3.8) is 0 Å². The number of alkyl halides is 3. The maximum atomic E-state index is 12.6. The Morgan fingerprint density at radius 2 is 1.67 bits per heavy atom. The molecule has 0 saturated heterocycles. The van der Waals surface area contributed by atoms with Crippen LogP contribution < -0.4 is 15.4 Å². The van der Waals surface area contributed by atoms with E-state index in [2.05, 4.69) is 15.4 Å². The van der Waals surface area contributed by atoms with Gasteiger partial charge >= 0.3 is 12.3 Å². The van der Waals surface area contributed by atoms with Gasteiger partial charge in [0.1, 0.15) is 10.8 Å². The molecule has 2 aromatic rings. The SMILES string of the molecule is CC(=O)Nc1sc(C)c(C)c1C(=O)OC(C)C(=O)Nc1ccc(OC(F)(F)F)cc1. The number of aryl methyl sites for hydroxylation is 1. The number of rotatable bonds is 6. The number of carbonyl (C=O) groups is 3. The number of ether oxygens (including phenoxy) is 2. The van der Waals surface area contributed by atoms with Gasteiger partial charge in [-0.25, -0.2) is 4.79 Å². The lowest BCUT2D eigenvalue weighted by atomic mass is 10.1. The molecule has 1 unspecified atom stereocenters. The van der Waals surface area contributed by atoms with E-state index in [0.29, 0.717) is 10.6 Å². The summed E-state index contributed by atoms with van der Waals surface area (Å²) in [5.74, 6) is -2.25. The fourth-order valence-corrected chi connectivity index (χ4v) is 3.47. The number of hydrogen-bond acceptors (Lipinski definition) is 6. The number of carbonyl (C=O) groups excluding carboxylic acids is 3. The van der Waals surface area contributed by atoms with Gasteiger partial charge in [0.15, 0.2) is 6.10 Å². The number of benzene rings is 1. The third kappa shape index (κ3) is 6.21. The summed E-state index contributed by atoms with van der Waals surface area (Å²) in [7, 11) is 0. The third-order valence-electron chi connectivity index (χ3n) is 3.89. The van der Waals surface area contributed by atoms with Crippen molar-refractivity contribution >= 4 is 39.8 Å². The molecule has 2 rings (SSSR count). The number of anilines is 2. The molecule has 30 heavy (non-hydrogen) atoms. The number of esters is 1. The molecule has 7 nitrogen and oxygen atoms in total. The predicted octanol–water partition coefficient (Wildman–Crippen LogP) is 4.41. The van der Waals surface area contributed by atoms with Crippen LogP contribution in [-0.2, 0) is 14.3 Å². The van der Waals surface area contributed by atoms with Crippen molar-refractivity contribution in [1.82, 2.24) is 0 Å². The highest BCUT2D eigenvalue weighted by Gasteiger charge is 2.31.